The lowest BCUT2D eigenvalue weighted by atomic mass is 10.9. The van der Waals surface area contributed by atoms with Crippen molar-refractivity contribution in [2.75, 3.05) is 23.9 Å². The van der Waals surface area contributed by atoms with Crippen LogP contribution in [0.1, 0.15) is 16.7 Å². The maximum Gasteiger partial charge on any atom is 0.306 e. The van der Waals surface area contributed by atoms with Crippen molar-refractivity contribution in [2.45, 2.75) is 13.8 Å². The van der Waals surface area contributed by atoms with E-state index in [0.717, 1.165) is 17.3 Å². The van der Waals surface area contributed by atoms with Crippen LogP contribution >= 0.6 is 28.8 Å². The lowest BCUT2D eigenvalue weighted by Crippen LogP contribution is -1.91. The first-order chi connectivity index (χ1) is 6.68. The van der Waals surface area contributed by atoms with Crippen LogP contribution in [-0.4, -0.2) is 23.9 Å². The van der Waals surface area contributed by atoms with Crippen LogP contribution in [0, 0.1) is 12.5 Å². The molecule has 0 N–H and O–H groups in total. The number of rotatable bonds is 8. The fourth-order valence-electron chi connectivity index (χ4n) is 0.665. The third-order valence-corrected chi connectivity index (χ3v) is 7.42. The molecular formula is C8H19O2PS3. The van der Waals surface area contributed by atoms with E-state index in [1.807, 2.05) is 18.7 Å². The Labute approximate surface area is 103 Å². The molecule has 0 aromatic heterocycles. The average Bonchev–Trinajstić information content (AvgIpc) is 2.13. The summed E-state index contributed by atoms with van der Waals surface area (Å²) in [6.07, 6.45) is 7.19. The lowest BCUT2D eigenvalue weighted by Gasteiger charge is -2.16. The number of terminal acetylenes is 1. The van der Waals surface area contributed by atoms with Crippen molar-refractivity contribution < 1.29 is 11.9 Å². The summed E-state index contributed by atoms with van der Waals surface area (Å²) in [7, 11) is 0. The van der Waals surface area contributed by atoms with E-state index in [2.05, 4.69) is 13.0 Å². The van der Waals surface area contributed by atoms with E-state index in [9.17, 15) is 0 Å². The predicted molar refractivity (Wildman–Crippen MR) is 75.5 cm³/mol. The monoisotopic (exact) mass is 274 g/mol. The molecule has 0 aliphatic carbocycles. The van der Waals surface area contributed by atoms with E-state index in [1.54, 1.807) is 0 Å². The summed E-state index contributed by atoms with van der Waals surface area (Å²) < 4.78 is 10.4. The minimum atomic E-state index is -2.26. The Morgan fingerprint density at radius 1 is 1.50 bits per heavy atom. The summed E-state index contributed by atoms with van der Waals surface area (Å²) >= 11 is 8.63. The highest BCUT2D eigenvalue weighted by Crippen LogP contribution is 2.60. The van der Waals surface area contributed by atoms with Crippen LogP contribution in [0.5, 0.6) is 0 Å². The van der Waals surface area contributed by atoms with Gasteiger partial charge in [-0.3, -0.25) is 0 Å². The molecule has 1 unspecified atom stereocenters. The highest BCUT2D eigenvalue weighted by molar-refractivity contribution is 8.68. The molecule has 0 aliphatic rings. The van der Waals surface area contributed by atoms with E-state index in [-0.39, 0.29) is 2.85 Å². The van der Waals surface area contributed by atoms with E-state index in [0.29, 0.717) is 6.61 Å². The average molecular weight is 274 g/mol. The molecule has 86 valence electrons. The summed E-state index contributed by atoms with van der Waals surface area (Å²) in [5, 5.41) is 0. The Bertz CT molecular complexity index is 236. The third-order valence-electron chi connectivity index (χ3n) is 1.13. The molecule has 0 radical (unpaired) electrons. The van der Waals surface area contributed by atoms with Gasteiger partial charge in [-0.15, -0.1) is 0 Å². The van der Waals surface area contributed by atoms with Crippen molar-refractivity contribution in [3.63, 3.8) is 0 Å². The second-order valence-corrected chi connectivity index (χ2v) is 9.85. The number of hydrogen-bond donors (Lipinski definition) is 0. The minimum Gasteiger partial charge on any atom is -0.383 e. The van der Waals surface area contributed by atoms with Gasteiger partial charge in [-0.1, -0.05) is 24.7 Å². The molecule has 6 heteroatoms. The van der Waals surface area contributed by atoms with E-state index >= 15 is 0 Å². The lowest BCUT2D eigenvalue weighted by molar-refractivity contribution is 0.336. The van der Waals surface area contributed by atoms with Gasteiger partial charge in [-0.25, -0.2) is 0 Å². The predicted octanol–water partition coefficient (Wildman–Crippen LogP) is 3.83. The van der Waals surface area contributed by atoms with Gasteiger partial charge in [0.15, 0.2) is 0 Å². The summed E-state index contributed by atoms with van der Waals surface area (Å²) in [6, 6.07) is 0. The zero-order chi connectivity index (χ0) is 10.9. The molecule has 0 heterocycles. The molecule has 0 bridgehead atoms. The van der Waals surface area contributed by atoms with Gasteiger partial charge in [-0.2, -0.15) is 11.8 Å². The van der Waals surface area contributed by atoms with Crippen LogP contribution < -0.4 is 0 Å². The minimum absolute atomic E-state index is 0. The molecule has 1 atom stereocenters. The van der Waals surface area contributed by atoms with Gasteiger partial charge in [0, 0.05) is 14.4 Å². The van der Waals surface area contributed by atoms with Crippen LogP contribution in [0.15, 0.2) is 0 Å². The standard InChI is InChI=1S/C8H15O2PS3.2H2/c1-4-9-11(12,10-5-2)14-8-7-13-6-3;;/h1H,5-8H2,2-3H3;2*1H. The van der Waals surface area contributed by atoms with Crippen LogP contribution in [0.4, 0.5) is 0 Å². The smallest absolute Gasteiger partial charge is 0.306 e. The van der Waals surface area contributed by atoms with Gasteiger partial charge in [0.1, 0.15) is 6.11 Å². The van der Waals surface area contributed by atoms with E-state index in [4.69, 9.17) is 27.3 Å². The van der Waals surface area contributed by atoms with Crippen molar-refractivity contribution in [3.05, 3.63) is 0 Å². The molecule has 0 spiro atoms. The number of hydrogen-bond acceptors (Lipinski definition) is 5. The molecule has 0 aromatic carbocycles. The molecule has 0 aliphatic heterocycles. The highest BCUT2D eigenvalue weighted by atomic mass is 32.9. The Morgan fingerprint density at radius 3 is 2.71 bits per heavy atom. The molecule has 0 saturated carbocycles. The largest absolute Gasteiger partial charge is 0.383 e. The summed E-state index contributed by atoms with van der Waals surface area (Å²) in [4.78, 5) is 0. The van der Waals surface area contributed by atoms with Crippen LogP contribution in [0.3, 0.4) is 0 Å². The van der Waals surface area contributed by atoms with Crippen LogP contribution in [0.2, 0.25) is 0 Å². The van der Waals surface area contributed by atoms with E-state index in [1.165, 1.54) is 11.4 Å². The first-order valence-corrected chi connectivity index (χ1v) is 9.68. The molecule has 0 fully saturated rings. The van der Waals surface area contributed by atoms with Gasteiger partial charge in [0.2, 0.25) is 0 Å². The normalized spacial score (nSPS) is 14.4. The summed E-state index contributed by atoms with van der Waals surface area (Å²) in [5.74, 6) is 3.10. The van der Waals surface area contributed by atoms with Crippen molar-refractivity contribution >= 4 is 40.6 Å². The molecule has 2 nitrogen and oxygen atoms in total. The van der Waals surface area contributed by atoms with Crippen molar-refractivity contribution in [3.8, 4) is 12.5 Å². The summed E-state index contributed by atoms with van der Waals surface area (Å²) in [6.45, 7) is 4.57. The molecular weight excluding hydrogens is 255 g/mol. The highest BCUT2D eigenvalue weighted by Gasteiger charge is 2.19. The van der Waals surface area contributed by atoms with Crippen molar-refractivity contribution in [1.29, 1.82) is 0 Å². The molecule has 14 heavy (non-hydrogen) atoms. The molecule has 0 amide bonds. The topological polar surface area (TPSA) is 18.5 Å². The van der Waals surface area contributed by atoms with Crippen LogP contribution in [-0.2, 0) is 20.9 Å². The second-order valence-electron chi connectivity index (χ2n) is 2.10. The van der Waals surface area contributed by atoms with Crippen LogP contribution in [0.25, 0.3) is 0 Å². The maximum atomic E-state index is 5.36. The first-order valence-electron chi connectivity index (χ1n) is 4.29. The van der Waals surface area contributed by atoms with Crippen molar-refractivity contribution in [2.24, 2.45) is 0 Å². The Hall–Kier alpha value is 0.670. The maximum absolute atomic E-state index is 5.36. The van der Waals surface area contributed by atoms with Gasteiger partial charge in [-0.05, 0) is 24.5 Å². The van der Waals surface area contributed by atoms with E-state index < -0.39 is 5.69 Å². The Morgan fingerprint density at radius 2 is 2.21 bits per heavy atom. The molecule has 0 aromatic rings. The SMILES string of the molecule is C#COP(=S)(OCC)SCCSCC.[HH].[HH]. The quantitative estimate of drug-likeness (QED) is 0.379. The van der Waals surface area contributed by atoms with Crippen molar-refractivity contribution in [1.82, 2.24) is 0 Å². The Balaban J connectivity index is -0.000000845. The zero-order valence-corrected chi connectivity index (χ0v) is 11.7. The zero-order valence-electron chi connectivity index (χ0n) is 8.39. The molecule has 0 rings (SSSR count). The fraction of sp³-hybridized carbons (Fsp3) is 0.750. The second kappa shape index (κ2) is 8.94. The van der Waals surface area contributed by atoms with Gasteiger partial charge < -0.3 is 9.05 Å². The Kier molecular flexibility index (Phi) is 9.36. The van der Waals surface area contributed by atoms with Gasteiger partial charge in [0.25, 0.3) is 0 Å². The first kappa shape index (κ1) is 14.7. The third kappa shape index (κ3) is 7.03. The van der Waals surface area contributed by atoms with Gasteiger partial charge >= 0.3 is 5.69 Å². The summed E-state index contributed by atoms with van der Waals surface area (Å²) in [5.41, 5.74) is -2.26. The molecule has 0 saturated heterocycles. The van der Waals surface area contributed by atoms with Gasteiger partial charge in [0.05, 0.1) is 6.61 Å². The fourth-order valence-corrected chi connectivity index (χ4v) is 5.86. The number of thioether (sulfide) groups is 1.